The number of fused-ring (bicyclic) bond motifs is 1. The van der Waals surface area contributed by atoms with E-state index in [0.29, 0.717) is 22.6 Å². The molecule has 0 aliphatic rings. The van der Waals surface area contributed by atoms with Crippen molar-refractivity contribution in [1.29, 1.82) is 5.26 Å². The lowest BCUT2D eigenvalue weighted by atomic mass is 10.2. The molecule has 0 atom stereocenters. The number of hydrogen-bond acceptors (Lipinski definition) is 4. The molecule has 3 heterocycles. The minimum atomic E-state index is -0.444. The Morgan fingerprint density at radius 2 is 2.11 bits per heavy atom. The van der Waals surface area contributed by atoms with Crippen LogP contribution < -0.4 is 0 Å². The van der Waals surface area contributed by atoms with Crippen molar-refractivity contribution in [3.63, 3.8) is 0 Å². The van der Waals surface area contributed by atoms with E-state index in [9.17, 15) is 4.39 Å². The molecule has 18 heavy (non-hydrogen) atoms. The van der Waals surface area contributed by atoms with Crippen molar-refractivity contribution in [1.82, 2.24) is 19.6 Å². The number of hydrogen-bond donors (Lipinski definition) is 0. The number of rotatable bonds is 1. The quantitative estimate of drug-likeness (QED) is 0.649. The van der Waals surface area contributed by atoms with Gasteiger partial charge in [-0.25, -0.2) is 4.39 Å². The number of nitrogens with zero attached hydrogens (tertiary/aromatic N) is 5. The Morgan fingerprint density at radius 3 is 2.89 bits per heavy atom. The first-order chi connectivity index (χ1) is 8.78. The molecule has 0 spiro atoms. The average Bonchev–Trinajstić information content (AvgIpc) is 2.81. The molecular formula is C12H6FN5. The highest BCUT2D eigenvalue weighted by molar-refractivity contribution is 5.59. The third-order valence-electron chi connectivity index (χ3n) is 2.49. The molecule has 0 unspecified atom stereocenters. The summed E-state index contributed by atoms with van der Waals surface area (Å²) in [5.41, 5.74) is 1.58. The Labute approximate surface area is 101 Å². The maximum atomic E-state index is 13.1. The minimum Gasteiger partial charge on any atom is -0.281 e. The van der Waals surface area contributed by atoms with E-state index in [1.54, 1.807) is 22.7 Å². The topological polar surface area (TPSA) is 66.9 Å². The van der Waals surface area contributed by atoms with Gasteiger partial charge in [0.25, 0.3) is 0 Å². The zero-order valence-corrected chi connectivity index (χ0v) is 9.08. The SMILES string of the molecule is N#Cc1ccc2nnc(-c3cncc(F)c3)n2c1. The van der Waals surface area contributed by atoms with Gasteiger partial charge in [0.1, 0.15) is 11.9 Å². The van der Waals surface area contributed by atoms with Crippen LogP contribution in [0.25, 0.3) is 17.0 Å². The predicted octanol–water partition coefficient (Wildman–Crippen LogP) is 1.80. The van der Waals surface area contributed by atoms with Crippen LogP contribution in [0.4, 0.5) is 4.39 Å². The van der Waals surface area contributed by atoms with Gasteiger partial charge in [-0.15, -0.1) is 10.2 Å². The van der Waals surface area contributed by atoms with Gasteiger partial charge in [-0.3, -0.25) is 9.38 Å². The van der Waals surface area contributed by atoms with Crippen molar-refractivity contribution < 1.29 is 4.39 Å². The lowest BCUT2D eigenvalue weighted by Crippen LogP contribution is -1.92. The number of nitriles is 1. The van der Waals surface area contributed by atoms with Gasteiger partial charge in [-0.1, -0.05) is 0 Å². The van der Waals surface area contributed by atoms with Crippen LogP contribution in [0.3, 0.4) is 0 Å². The van der Waals surface area contributed by atoms with Crippen molar-refractivity contribution in [2.75, 3.05) is 0 Å². The van der Waals surface area contributed by atoms with Crippen LogP contribution in [0.1, 0.15) is 5.56 Å². The van der Waals surface area contributed by atoms with E-state index in [0.717, 1.165) is 6.20 Å². The molecule has 0 aromatic carbocycles. The first-order valence-corrected chi connectivity index (χ1v) is 5.14. The van der Waals surface area contributed by atoms with Crippen LogP contribution >= 0.6 is 0 Å². The fourth-order valence-corrected chi connectivity index (χ4v) is 1.69. The molecule has 0 amide bonds. The largest absolute Gasteiger partial charge is 0.281 e. The molecular weight excluding hydrogens is 233 g/mol. The normalized spacial score (nSPS) is 10.4. The standard InChI is InChI=1S/C12H6FN5/c13-10-3-9(5-15-6-10)12-17-16-11-2-1-8(4-14)7-18(11)12/h1-3,5-7H. The minimum absolute atomic E-state index is 0.444. The molecule has 86 valence electrons. The molecule has 3 aromatic rings. The smallest absolute Gasteiger partial charge is 0.170 e. The Balaban J connectivity index is 2.27. The van der Waals surface area contributed by atoms with E-state index in [1.165, 1.54) is 12.3 Å². The monoisotopic (exact) mass is 239 g/mol. The number of pyridine rings is 2. The van der Waals surface area contributed by atoms with Gasteiger partial charge in [0.15, 0.2) is 11.5 Å². The molecule has 3 rings (SSSR count). The van der Waals surface area contributed by atoms with Gasteiger partial charge in [0.2, 0.25) is 0 Å². The van der Waals surface area contributed by atoms with Crippen LogP contribution in [-0.2, 0) is 0 Å². The summed E-state index contributed by atoms with van der Waals surface area (Å²) >= 11 is 0. The van der Waals surface area contributed by atoms with Crippen LogP contribution in [0, 0.1) is 17.1 Å². The molecule has 0 saturated carbocycles. The van der Waals surface area contributed by atoms with Gasteiger partial charge >= 0.3 is 0 Å². The van der Waals surface area contributed by atoms with Crippen LogP contribution in [-0.4, -0.2) is 19.6 Å². The Kier molecular flexibility index (Phi) is 2.24. The molecule has 0 radical (unpaired) electrons. The van der Waals surface area contributed by atoms with Gasteiger partial charge in [-0.2, -0.15) is 5.26 Å². The van der Waals surface area contributed by atoms with Gasteiger partial charge in [-0.05, 0) is 18.2 Å². The highest BCUT2D eigenvalue weighted by Gasteiger charge is 2.09. The summed E-state index contributed by atoms with van der Waals surface area (Å²) in [5.74, 6) is 0.00906. The Morgan fingerprint density at radius 1 is 1.22 bits per heavy atom. The molecule has 0 saturated heterocycles. The van der Waals surface area contributed by atoms with Crippen molar-refractivity contribution in [2.45, 2.75) is 0 Å². The van der Waals surface area contributed by atoms with E-state index in [1.807, 2.05) is 6.07 Å². The van der Waals surface area contributed by atoms with E-state index in [-0.39, 0.29) is 0 Å². The van der Waals surface area contributed by atoms with E-state index in [4.69, 9.17) is 5.26 Å². The maximum Gasteiger partial charge on any atom is 0.170 e. The summed E-state index contributed by atoms with van der Waals surface area (Å²) in [6.45, 7) is 0. The fourth-order valence-electron chi connectivity index (χ4n) is 1.69. The van der Waals surface area contributed by atoms with E-state index >= 15 is 0 Å². The van der Waals surface area contributed by atoms with E-state index < -0.39 is 5.82 Å². The highest BCUT2D eigenvalue weighted by Crippen LogP contribution is 2.18. The summed E-state index contributed by atoms with van der Waals surface area (Å²) in [6, 6.07) is 6.69. The number of halogens is 1. The van der Waals surface area contributed by atoms with Crippen molar-refractivity contribution in [2.24, 2.45) is 0 Å². The second-order valence-electron chi connectivity index (χ2n) is 3.67. The zero-order valence-electron chi connectivity index (χ0n) is 9.08. The zero-order chi connectivity index (χ0) is 12.5. The fraction of sp³-hybridized carbons (Fsp3) is 0. The lowest BCUT2D eigenvalue weighted by Gasteiger charge is -1.99. The number of aromatic nitrogens is 4. The summed E-state index contributed by atoms with van der Waals surface area (Å²) in [5, 5.41) is 16.8. The second-order valence-corrected chi connectivity index (χ2v) is 3.67. The maximum absolute atomic E-state index is 13.1. The molecule has 0 bridgehead atoms. The van der Waals surface area contributed by atoms with Crippen molar-refractivity contribution in [3.05, 3.63) is 48.2 Å². The van der Waals surface area contributed by atoms with Gasteiger partial charge in [0, 0.05) is 18.0 Å². The lowest BCUT2D eigenvalue weighted by molar-refractivity contribution is 0.622. The van der Waals surface area contributed by atoms with Crippen LogP contribution in [0.2, 0.25) is 0 Å². The molecule has 6 heteroatoms. The molecule has 3 aromatic heterocycles. The summed E-state index contributed by atoms with van der Waals surface area (Å²) < 4.78 is 14.8. The Hall–Kier alpha value is -2.81. The third-order valence-corrected chi connectivity index (χ3v) is 2.49. The van der Waals surface area contributed by atoms with Crippen molar-refractivity contribution >= 4 is 5.65 Å². The molecule has 0 aliphatic carbocycles. The predicted molar refractivity (Wildman–Crippen MR) is 60.9 cm³/mol. The second kappa shape index (κ2) is 3.89. The highest BCUT2D eigenvalue weighted by atomic mass is 19.1. The first-order valence-electron chi connectivity index (χ1n) is 5.14. The van der Waals surface area contributed by atoms with Crippen LogP contribution in [0.5, 0.6) is 0 Å². The molecule has 0 aliphatic heterocycles. The van der Waals surface area contributed by atoms with Crippen LogP contribution in [0.15, 0.2) is 36.8 Å². The summed E-state index contributed by atoms with van der Waals surface area (Å²) in [6.07, 6.45) is 4.22. The summed E-state index contributed by atoms with van der Waals surface area (Å²) in [4.78, 5) is 3.77. The molecule has 0 N–H and O–H groups in total. The average molecular weight is 239 g/mol. The first kappa shape index (κ1) is 10.4. The molecule has 5 nitrogen and oxygen atoms in total. The van der Waals surface area contributed by atoms with Gasteiger partial charge in [0.05, 0.1) is 11.8 Å². The summed E-state index contributed by atoms with van der Waals surface area (Å²) in [7, 11) is 0. The molecule has 0 fully saturated rings. The van der Waals surface area contributed by atoms with Gasteiger partial charge < -0.3 is 0 Å². The Bertz CT molecular complexity index is 771. The third kappa shape index (κ3) is 1.58. The van der Waals surface area contributed by atoms with Crippen molar-refractivity contribution in [3.8, 4) is 17.5 Å². The van der Waals surface area contributed by atoms with E-state index in [2.05, 4.69) is 15.2 Å².